The molecule has 156 valence electrons. The lowest BCUT2D eigenvalue weighted by Crippen LogP contribution is -2.22. The highest BCUT2D eigenvalue weighted by Crippen LogP contribution is 2.26. The monoisotopic (exact) mass is 433 g/mol. The first-order chi connectivity index (χ1) is 14.9. The molecule has 4 aromatic rings. The minimum absolute atomic E-state index is 0.345. The quantitative estimate of drug-likeness (QED) is 0.397. The third kappa shape index (κ3) is 4.78. The molecule has 0 saturated carbocycles. The van der Waals surface area contributed by atoms with Crippen molar-refractivity contribution < 1.29 is 14.3 Å². The molecule has 3 aromatic carbocycles. The van der Waals surface area contributed by atoms with Gasteiger partial charge in [0.2, 0.25) is 0 Å². The second-order valence-electron chi connectivity index (χ2n) is 7.44. The van der Waals surface area contributed by atoms with Gasteiger partial charge in [0.05, 0.1) is 0 Å². The van der Waals surface area contributed by atoms with E-state index in [1.54, 1.807) is 12.1 Å². The van der Waals surface area contributed by atoms with E-state index in [2.05, 4.69) is 29.2 Å². The largest absolute Gasteiger partial charge is 0.477 e. The van der Waals surface area contributed by atoms with Gasteiger partial charge >= 0.3 is 11.6 Å². The number of aryl methyl sites for hydroxylation is 1. The summed E-state index contributed by atoms with van der Waals surface area (Å²) in [5, 5.41) is 10.4. The third-order valence-corrected chi connectivity index (χ3v) is 5.35. The second-order valence-corrected chi connectivity index (χ2v) is 7.88. The van der Waals surface area contributed by atoms with Crippen LogP contribution in [-0.2, 0) is 13.1 Å². The lowest BCUT2D eigenvalue weighted by Gasteiger charge is -2.25. The van der Waals surface area contributed by atoms with Gasteiger partial charge in [-0.1, -0.05) is 53.6 Å². The highest BCUT2D eigenvalue weighted by molar-refractivity contribution is 6.30. The summed E-state index contributed by atoms with van der Waals surface area (Å²) in [7, 11) is 0. The molecular weight excluding hydrogens is 414 g/mol. The molecule has 0 bridgehead atoms. The first kappa shape index (κ1) is 20.7. The molecule has 0 saturated heterocycles. The lowest BCUT2D eigenvalue weighted by molar-refractivity contribution is 0.0692. The van der Waals surface area contributed by atoms with Crippen LogP contribution in [0.2, 0.25) is 5.02 Å². The maximum atomic E-state index is 12.0. The predicted molar refractivity (Wildman–Crippen MR) is 122 cm³/mol. The van der Waals surface area contributed by atoms with E-state index in [9.17, 15) is 9.59 Å². The number of aromatic carboxylic acids is 1. The Morgan fingerprint density at radius 3 is 2.16 bits per heavy atom. The highest BCUT2D eigenvalue weighted by atomic mass is 35.5. The van der Waals surface area contributed by atoms with E-state index in [0.29, 0.717) is 29.1 Å². The molecule has 0 aliphatic rings. The molecule has 0 aliphatic carbocycles. The first-order valence-electron chi connectivity index (χ1n) is 9.75. The third-order valence-electron chi connectivity index (χ3n) is 5.10. The smallest absolute Gasteiger partial charge is 0.351 e. The fourth-order valence-corrected chi connectivity index (χ4v) is 3.53. The first-order valence-corrected chi connectivity index (χ1v) is 10.1. The number of fused-ring (bicyclic) bond motifs is 1. The second kappa shape index (κ2) is 8.66. The summed E-state index contributed by atoms with van der Waals surface area (Å²) >= 11 is 6.03. The number of halogens is 1. The molecule has 0 amide bonds. The van der Waals surface area contributed by atoms with E-state index in [-0.39, 0.29) is 5.56 Å². The topological polar surface area (TPSA) is 70.8 Å². The van der Waals surface area contributed by atoms with Crippen molar-refractivity contribution in [1.82, 2.24) is 0 Å². The van der Waals surface area contributed by atoms with Crippen LogP contribution in [0.1, 0.15) is 27.0 Å². The van der Waals surface area contributed by atoms with Gasteiger partial charge in [-0.05, 0) is 48.4 Å². The fourth-order valence-electron chi connectivity index (χ4n) is 3.41. The minimum Gasteiger partial charge on any atom is -0.477 e. The standard InChI is InChI=1S/C25H20ClNO4/c1-16-2-4-17(5-3-16)14-27(15-18-6-9-20(26)10-7-18)21-11-8-19-12-22(24(28)29)25(30)31-23(19)13-21/h2-13H,14-15H2,1H3,(H,28,29). The predicted octanol–water partition coefficient (Wildman–Crippen LogP) is 5.66. The van der Waals surface area contributed by atoms with Crippen molar-refractivity contribution in [3.8, 4) is 0 Å². The molecule has 0 radical (unpaired) electrons. The maximum absolute atomic E-state index is 12.0. The van der Waals surface area contributed by atoms with Crippen LogP contribution in [0.25, 0.3) is 11.0 Å². The Balaban J connectivity index is 1.73. The van der Waals surface area contributed by atoms with Gasteiger partial charge in [-0.3, -0.25) is 0 Å². The van der Waals surface area contributed by atoms with Gasteiger partial charge in [0.15, 0.2) is 0 Å². The van der Waals surface area contributed by atoms with Gasteiger partial charge in [-0.2, -0.15) is 0 Å². The molecule has 1 heterocycles. The molecule has 0 fully saturated rings. The molecule has 0 atom stereocenters. The number of hydrogen-bond acceptors (Lipinski definition) is 4. The Morgan fingerprint density at radius 1 is 0.935 bits per heavy atom. The van der Waals surface area contributed by atoms with E-state index in [0.717, 1.165) is 16.8 Å². The van der Waals surface area contributed by atoms with E-state index in [1.807, 2.05) is 37.3 Å². The number of carboxylic acid groups (broad SMARTS) is 1. The molecule has 0 aliphatic heterocycles. The van der Waals surface area contributed by atoms with Crippen LogP contribution in [0.3, 0.4) is 0 Å². The van der Waals surface area contributed by atoms with Crippen LogP contribution >= 0.6 is 11.6 Å². The van der Waals surface area contributed by atoms with Gasteiger partial charge in [-0.25, -0.2) is 9.59 Å². The van der Waals surface area contributed by atoms with Gasteiger partial charge in [0.25, 0.3) is 0 Å². The van der Waals surface area contributed by atoms with E-state index < -0.39 is 11.6 Å². The summed E-state index contributed by atoms with van der Waals surface area (Å²) in [5.41, 5.74) is 3.38. The zero-order valence-corrected chi connectivity index (χ0v) is 17.6. The zero-order valence-electron chi connectivity index (χ0n) is 16.8. The maximum Gasteiger partial charge on any atom is 0.351 e. The molecule has 5 nitrogen and oxygen atoms in total. The van der Waals surface area contributed by atoms with Crippen LogP contribution in [0.5, 0.6) is 0 Å². The fraction of sp³-hybridized carbons (Fsp3) is 0.120. The van der Waals surface area contributed by atoms with Gasteiger partial charge in [0, 0.05) is 35.3 Å². The molecule has 1 aromatic heterocycles. The van der Waals surface area contributed by atoms with Gasteiger partial charge in [-0.15, -0.1) is 0 Å². The molecule has 0 unspecified atom stereocenters. The summed E-state index contributed by atoms with van der Waals surface area (Å²) in [5.74, 6) is -1.30. The van der Waals surface area contributed by atoms with Crippen molar-refractivity contribution >= 4 is 34.2 Å². The molecule has 6 heteroatoms. The van der Waals surface area contributed by atoms with Crippen molar-refractivity contribution in [3.05, 3.63) is 110 Å². The molecular formula is C25H20ClNO4. The summed E-state index contributed by atoms with van der Waals surface area (Å²) < 4.78 is 5.30. The van der Waals surface area contributed by atoms with E-state index in [1.165, 1.54) is 11.6 Å². The van der Waals surface area contributed by atoms with E-state index >= 15 is 0 Å². The summed E-state index contributed by atoms with van der Waals surface area (Å²) in [6, 6.07) is 22.8. The van der Waals surface area contributed by atoms with Crippen molar-refractivity contribution in [2.75, 3.05) is 4.90 Å². The summed E-state index contributed by atoms with van der Waals surface area (Å²) in [6.07, 6.45) is 0. The Hall–Kier alpha value is -3.57. The van der Waals surface area contributed by atoms with Gasteiger partial charge < -0.3 is 14.4 Å². The highest BCUT2D eigenvalue weighted by Gasteiger charge is 2.15. The molecule has 31 heavy (non-hydrogen) atoms. The summed E-state index contributed by atoms with van der Waals surface area (Å²) in [6.45, 7) is 3.31. The number of rotatable bonds is 6. The number of carbonyl (C=O) groups is 1. The van der Waals surface area contributed by atoms with Crippen molar-refractivity contribution in [2.45, 2.75) is 20.0 Å². The van der Waals surface area contributed by atoms with Crippen LogP contribution < -0.4 is 10.5 Å². The number of hydrogen-bond donors (Lipinski definition) is 1. The van der Waals surface area contributed by atoms with Crippen LogP contribution in [0, 0.1) is 6.92 Å². The molecule has 1 N–H and O–H groups in total. The Bertz CT molecular complexity index is 1250. The normalized spacial score (nSPS) is 10.9. The Kier molecular flexibility index (Phi) is 5.78. The minimum atomic E-state index is -1.30. The number of nitrogens with zero attached hydrogens (tertiary/aromatic N) is 1. The Morgan fingerprint density at radius 2 is 1.55 bits per heavy atom. The number of carboxylic acids is 1. The molecule has 0 spiro atoms. The Labute approximate surface area is 184 Å². The number of benzene rings is 3. The lowest BCUT2D eigenvalue weighted by atomic mass is 10.1. The van der Waals surface area contributed by atoms with Crippen molar-refractivity contribution in [2.24, 2.45) is 0 Å². The average Bonchev–Trinajstić information content (AvgIpc) is 2.75. The zero-order chi connectivity index (χ0) is 22.0. The van der Waals surface area contributed by atoms with Gasteiger partial charge in [0.1, 0.15) is 11.1 Å². The SMILES string of the molecule is Cc1ccc(CN(Cc2ccc(Cl)cc2)c2ccc3cc(C(=O)O)c(=O)oc3c2)cc1. The van der Waals surface area contributed by atoms with Crippen molar-refractivity contribution in [3.63, 3.8) is 0 Å². The average molecular weight is 434 g/mol. The van der Waals surface area contributed by atoms with Crippen molar-refractivity contribution in [1.29, 1.82) is 0 Å². The van der Waals surface area contributed by atoms with E-state index in [4.69, 9.17) is 21.1 Å². The number of anilines is 1. The van der Waals surface area contributed by atoms with Crippen LogP contribution in [0.4, 0.5) is 5.69 Å². The molecule has 4 rings (SSSR count). The van der Waals surface area contributed by atoms with Crippen LogP contribution in [0.15, 0.2) is 82.0 Å². The van der Waals surface area contributed by atoms with Crippen LogP contribution in [-0.4, -0.2) is 11.1 Å². The summed E-state index contributed by atoms with van der Waals surface area (Å²) in [4.78, 5) is 25.4.